The Balaban J connectivity index is 1.84. The summed E-state index contributed by atoms with van der Waals surface area (Å²) in [6.07, 6.45) is 0. The first-order chi connectivity index (χ1) is 12.3. The number of sulfonamides is 1. The van der Waals surface area contributed by atoms with Gasteiger partial charge in [0.15, 0.2) is 0 Å². The first-order valence-corrected chi connectivity index (χ1v) is 9.59. The van der Waals surface area contributed by atoms with Crippen LogP contribution in [0.1, 0.15) is 15.9 Å². The molecule has 0 fully saturated rings. The molecule has 134 valence electrons. The quantitative estimate of drug-likeness (QED) is 0.523. The average molecular weight is 411 g/mol. The van der Waals surface area contributed by atoms with Crippen LogP contribution in [0.25, 0.3) is 10.9 Å². The molecule has 1 heterocycles. The molecular weight excluding hydrogens is 399 g/mol. The zero-order valence-corrected chi connectivity index (χ0v) is 15.5. The fourth-order valence-electron chi connectivity index (χ4n) is 2.30. The van der Waals surface area contributed by atoms with Crippen LogP contribution in [-0.2, 0) is 21.4 Å². The molecule has 3 aromatic rings. The van der Waals surface area contributed by atoms with Crippen LogP contribution in [0, 0.1) is 0 Å². The summed E-state index contributed by atoms with van der Waals surface area (Å²) in [7, 11) is -3.97. The van der Waals surface area contributed by atoms with E-state index in [2.05, 4.69) is 4.98 Å². The number of halogens is 2. The summed E-state index contributed by atoms with van der Waals surface area (Å²) in [6, 6.07) is 12.7. The number of rotatable bonds is 4. The molecule has 0 amide bonds. The third-order valence-corrected chi connectivity index (χ3v) is 5.16. The van der Waals surface area contributed by atoms with Gasteiger partial charge in [0.25, 0.3) is 0 Å². The Morgan fingerprint density at radius 2 is 1.85 bits per heavy atom. The largest absolute Gasteiger partial charge is 0.457 e. The molecule has 0 unspecified atom stereocenters. The minimum absolute atomic E-state index is 0.0464. The highest BCUT2D eigenvalue weighted by atomic mass is 35.5. The van der Waals surface area contributed by atoms with E-state index < -0.39 is 16.0 Å². The van der Waals surface area contributed by atoms with Crippen LogP contribution in [0.4, 0.5) is 0 Å². The van der Waals surface area contributed by atoms with Gasteiger partial charge in [-0.15, -0.1) is 0 Å². The molecule has 6 nitrogen and oxygen atoms in total. The summed E-state index contributed by atoms with van der Waals surface area (Å²) in [5.74, 6) is -0.801. The van der Waals surface area contributed by atoms with Gasteiger partial charge in [-0.3, -0.25) is 0 Å². The van der Waals surface area contributed by atoms with Gasteiger partial charge < -0.3 is 4.74 Å². The summed E-state index contributed by atoms with van der Waals surface area (Å²) in [4.78, 5) is 16.3. The maximum absolute atomic E-state index is 12.3. The van der Waals surface area contributed by atoms with Crippen molar-refractivity contribution in [3.8, 4) is 0 Å². The van der Waals surface area contributed by atoms with Gasteiger partial charge in [-0.1, -0.05) is 41.4 Å². The highest BCUT2D eigenvalue weighted by Crippen LogP contribution is 2.24. The number of carbonyl (C=O) groups excluding carboxylic acids is 1. The van der Waals surface area contributed by atoms with Crippen LogP contribution in [0.3, 0.4) is 0 Å². The van der Waals surface area contributed by atoms with Crippen molar-refractivity contribution in [1.82, 2.24) is 4.98 Å². The van der Waals surface area contributed by atoms with Crippen molar-refractivity contribution in [3.05, 3.63) is 69.8 Å². The van der Waals surface area contributed by atoms with E-state index >= 15 is 0 Å². The lowest BCUT2D eigenvalue weighted by Gasteiger charge is -2.09. The van der Waals surface area contributed by atoms with Crippen LogP contribution >= 0.6 is 23.2 Å². The monoisotopic (exact) mass is 410 g/mol. The Kier molecular flexibility index (Phi) is 5.15. The van der Waals surface area contributed by atoms with Gasteiger partial charge in [0.1, 0.15) is 11.8 Å². The summed E-state index contributed by atoms with van der Waals surface area (Å²) in [6.45, 7) is -0.147. The van der Waals surface area contributed by atoms with E-state index in [0.29, 0.717) is 5.56 Å². The number of benzene rings is 2. The molecule has 0 aliphatic rings. The minimum atomic E-state index is -3.97. The van der Waals surface area contributed by atoms with Gasteiger partial charge >= 0.3 is 5.97 Å². The van der Waals surface area contributed by atoms with Gasteiger partial charge in [0.05, 0.1) is 21.0 Å². The number of fused-ring (bicyclic) bond motifs is 1. The van der Waals surface area contributed by atoms with Crippen molar-refractivity contribution in [2.75, 3.05) is 0 Å². The summed E-state index contributed by atoms with van der Waals surface area (Å²) >= 11 is 12.1. The highest BCUT2D eigenvalue weighted by molar-refractivity contribution is 7.89. The van der Waals surface area contributed by atoms with Crippen LogP contribution in [0.15, 0.2) is 53.4 Å². The molecule has 2 N–H and O–H groups in total. The third-order valence-electron chi connectivity index (χ3n) is 3.60. The average Bonchev–Trinajstić information content (AvgIpc) is 2.59. The molecule has 0 aliphatic heterocycles. The Morgan fingerprint density at radius 1 is 1.12 bits per heavy atom. The second kappa shape index (κ2) is 7.20. The molecular formula is C17H12Cl2N2O4S. The zero-order valence-electron chi connectivity index (χ0n) is 13.1. The number of hydrogen-bond acceptors (Lipinski definition) is 5. The van der Waals surface area contributed by atoms with E-state index in [4.69, 9.17) is 33.1 Å². The second-order valence-corrected chi connectivity index (χ2v) is 7.72. The van der Waals surface area contributed by atoms with Crippen molar-refractivity contribution in [1.29, 1.82) is 0 Å². The molecule has 0 spiro atoms. The zero-order chi connectivity index (χ0) is 18.9. The number of esters is 1. The molecule has 2 aromatic carbocycles. The summed E-state index contributed by atoms with van der Waals surface area (Å²) < 4.78 is 28.1. The number of para-hydroxylation sites is 1. The smallest absolute Gasteiger partial charge is 0.340 e. The maximum Gasteiger partial charge on any atom is 0.340 e. The number of pyridine rings is 1. The van der Waals surface area contributed by atoms with Crippen molar-refractivity contribution in [2.24, 2.45) is 5.14 Å². The number of nitrogens with two attached hydrogens (primary N) is 1. The molecule has 9 heteroatoms. The lowest BCUT2D eigenvalue weighted by Crippen LogP contribution is -2.14. The van der Waals surface area contributed by atoms with Gasteiger partial charge in [0, 0.05) is 10.9 Å². The van der Waals surface area contributed by atoms with Gasteiger partial charge in [-0.05, 0) is 30.3 Å². The van der Waals surface area contributed by atoms with Gasteiger partial charge in [-0.2, -0.15) is 0 Å². The summed E-state index contributed by atoms with van der Waals surface area (Å²) in [5, 5.41) is 6.17. The Hall–Kier alpha value is -2.19. The molecule has 0 radical (unpaired) electrons. The molecule has 0 bridgehead atoms. The van der Waals surface area contributed by atoms with E-state index in [0.717, 1.165) is 17.0 Å². The predicted octanol–water partition coefficient (Wildman–Crippen LogP) is 3.55. The Bertz CT molecular complexity index is 1120. The number of aromatic nitrogens is 1. The molecule has 0 saturated carbocycles. The van der Waals surface area contributed by atoms with Crippen LogP contribution in [-0.4, -0.2) is 19.4 Å². The van der Waals surface area contributed by atoms with Crippen LogP contribution in [0.5, 0.6) is 0 Å². The minimum Gasteiger partial charge on any atom is -0.457 e. The first kappa shape index (κ1) is 18.6. The Labute approximate surface area is 159 Å². The molecule has 0 saturated heterocycles. The molecule has 0 aliphatic carbocycles. The Morgan fingerprint density at radius 3 is 2.58 bits per heavy atom. The standard InChI is InChI=1S/C17H12Cl2N2O4S/c18-14-6-5-12(26(20,23)24)8-13(14)17(22)25-9-11-7-10-3-1-2-4-15(10)21-16(11)19/h1-8H,9H2,(H2,20,23,24). The predicted molar refractivity (Wildman–Crippen MR) is 98.7 cm³/mol. The summed E-state index contributed by atoms with van der Waals surface area (Å²) in [5.41, 5.74) is 1.12. The normalized spacial score (nSPS) is 11.5. The van der Waals surface area contributed by atoms with E-state index in [1.165, 1.54) is 12.1 Å². The lowest BCUT2D eigenvalue weighted by molar-refractivity contribution is 0.0472. The number of ether oxygens (including phenoxy) is 1. The van der Waals surface area contributed by atoms with E-state index in [-0.39, 0.29) is 27.2 Å². The molecule has 0 atom stereocenters. The second-order valence-electron chi connectivity index (χ2n) is 5.39. The molecule has 3 rings (SSSR count). The van der Waals surface area contributed by atoms with Crippen molar-refractivity contribution < 1.29 is 17.9 Å². The van der Waals surface area contributed by atoms with Gasteiger partial charge in [0.2, 0.25) is 10.0 Å². The SMILES string of the molecule is NS(=O)(=O)c1ccc(Cl)c(C(=O)OCc2cc3ccccc3nc2Cl)c1. The van der Waals surface area contributed by atoms with E-state index in [1.807, 2.05) is 24.3 Å². The van der Waals surface area contributed by atoms with Crippen molar-refractivity contribution in [3.63, 3.8) is 0 Å². The molecule has 26 heavy (non-hydrogen) atoms. The van der Waals surface area contributed by atoms with Crippen LogP contribution < -0.4 is 5.14 Å². The van der Waals surface area contributed by atoms with Crippen molar-refractivity contribution in [2.45, 2.75) is 11.5 Å². The highest BCUT2D eigenvalue weighted by Gasteiger charge is 2.18. The van der Waals surface area contributed by atoms with Gasteiger partial charge in [-0.25, -0.2) is 23.3 Å². The fraction of sp³-hybridized carbons (Fsp3) is 0.0588. The maximum atomic E-state index is 12.3. The number of nitrogens with zero attached hydrogens (tertiary/aromatic N) is 1. The first-order valence-electron chi connectivity index (χ1n) is 7.29. The van der Waals surface area contributed by atoms with E-state index in [1.54, 1.807) is 6.07 Å². The van der Waals surface area contributed by atoms with E-state index in [9.17, 15) is 13.2 Å². The number of primary sulfonamides is 1. The lowest BCUT2D eigenvalue weighted by atomic mass is 10.1. The third kappa shape index (κ3) is 3.96. The van der Waals surface area contributed by atoms with Crippen LogP contribution in [0.2, 0.25) is 10.2 Å². The number of carbonyl (C=O) groups is 1. The number of hydrogen-bond donors (Lipinski definition) is 1. The fourth-order valence-corrected chi connectivity index (χ4v) is 3.23. The topological polar surface area (TPSA) is 99.4 Å². The van der Waals surface area contributed by atoms with Crippen molar-refractivity contribution >= 4 is 50.1 Å². The molecule has 1 aromatic heterocycles.